The van der Waals surface area contributed by atoms with Gasteiger partial charge in [0.15, 0.2) is 0 Å². The molecule has 0 aromatic rings. The highest BCUT2D eigenvalue weighted by Crippen LogP contribution is 2.51. The lowest BCUT2D eigenvalue weighted by Crippen LogP contribution is -2.27. The van der Waals surface area contributed by atoms with Gasteiger partial charge in [-0.2, -0.15) is 0 Å². The second-order valence-electron chi connectivity index (χ2n) is 4.04. The van der Waals surface area contributed by atoms with Crippen molar-refractivity contribution in [2.45, 2.75) is 33.6 Å². The molecule has 64 valence electrons. The predicted molar refractivity (Wildman–Crippen MR) is 45.2 cm³/mol. The fourth-order valence-corrected chi connectivity index (χ4v) is 1.29. The lowest BCUT2D eigenvalue weighted by atomic mass is 10.1. The first-order valence-corrected chi connectivity index (χ1v) is 4.35. The standard InChI is InChI=1S/C9H17NO/c1-4-5-10-8(11)7-6-9(7,2)3/h7H,4-6H2,1-3H3,(H,10,11). The van der Waals surface area contributed by atoms with Crippen LogP contribution < -0.4 is 5.32 Å². The third-order valence-electron chi connectivity index (χ3n) is 2.38. The van der Waals surface area contributed by atoms with E-state index in [1.54, 1.807) is 0 Å². The zero-order valence-corrected chi connectivity index (χ0v) is 7.61. The molecule has 2 heteroatoms. The van der Waals surface area contributed by atoms with Crippen LogP contribution in [0.2, 0.25) is 0 Å². The summed E-state index contributed by atoms with van der Waals surface area (Å²) in [4.78, 5) is 11.3. The Labute approximate surface area is 68.4 Å². The third-order valence-corrected chi connectivity index (χ3v) is 2.38. The maximum Gasteiger partial charge on any atom is 0.223 e. The van der Waals surface area contributed by atoms with Gasteiger partial charge >= 0.3 is 0 Å². The Morgan fingerprint density at radius 1 is 1.64 bits per heavy atom. The number of hydrogen-bond donors (Lipinski definition) is 1. The second kappa shape index (κ2) is 2.84. The third kappa shape index (κ3) is 1.95. The van der Waals surface area contributed by atoms with E-state index in [2.05, 4.69) is 26.1 Å². The predicted octanol–water partition coefficient (Wildman–Crippen LogP) is 1.56. The minimum absolute atomic E-state index is 0.247. The first-order chi connectivity index (χ1) is 5.08. The van der Waals surface area contributed by atoms with Crippen molar-refractivity contribution >= 4 is 5.91 Å². The Morgan fingerprint density at radius 3 is 2.55 bits per heavy atom. The summed E-state index contributed by atoms with van der Waals surface area (Å²) in [5.74, 6) is 0.533. The first kappa shape index (κ1) is 8.57. The summed E-state index contributed by atoms with van der Waals surface area (Å²) in [6.45, 7) is 7.18. The molecule has 1 rings (SSSR count). The molecule has 2 nitrogen and oxygen atoms in total. The van der Waals surface area contributed by atoms with Gasteiger partial charge in [-0.15, -0.1) is 0 Å². The van der Waals surface area contributed by atoms with Crippen LogP contribution >= 0.6 is 0 Å². The Morgan fingerprint density at radius 2 is 2.18 bits per heavy atom. The van der Waals surface area contributed by atoms with Crippen LogP contribution in [0, 0.1) is 11.3 Å². The molecule has 1 amide bonds. The molecule has 0 spiro atoms. The summed E-state index contributed by atoms with van der Waals surface area (Å²) >= 11 is 0. The fourth-order valence-electron chi connectivity index (χ4n) is 1.29. The highest BCUT2D eigenvalue weighted by atomic mass is 16.2. The molecular formula is C9H17NO. The van der Waals surface area contributed by atoms with Crippen molar-refractivity contribution in [1.82, 2.24) is 5.32 Å². The topological polar surface area (TPSA) is 29.1 Å². The van der Waals surface area contributed by atoms with Crippen molar-refractivity contribution in [2.24, 2.45) is 11.3 Å². The fraction of sp³-hybridized carbons (Fsp3) is 0.889. The summed E-state index contributed by atoms with van der Waals surface area (Å²) < 4.78 is 0. The van der Waals surface area contributed by atoms with Crippen LogP contribution in [0.1, 0.15) is 33.6 Å². The van der Waals surface area contributed by atoms with Crippen LogP contribution in [0.5, 0.6) is 0 Å². The zero-order chi connectivity index (χ0) is 8.48. The van der Waals surface area contributed by atoms with Crippen molar-refractivity contribution in [2.75, 3.05) is 6.54 Å². The van der Waals surface area contributed by atoms with Crippen LogP contribution in [0.15, 0.2) is 0 Å². The number of hydrogen-bond acceptors (Lipinski definition) is 1. The second-order valence-corrected chi connectivity index (χ2v) is 4.04. The van der Waals surface area contributed by atoms with Crippen LogP contribution in [-0.4, -0.2) is 12.5 Å². The minimum Gasteiger partial charge on any atom is -0.356 e. The number of rotatable bonds is 3. The largest absolute Gasteiger partial charge is 0.356 e. The minimum atomic E-state index is 0.247. The number of carbonyl (C=O) groups excluding carboxylic acids is 1. The van der Waals surface area contributed by atoms with E-state index >= 15 is 0 Å². The molecule has 1 saturated carbocycles. The SMILES string of the molecule is CCCNC(=O)C1CC1(C)C. The molecule has 0 aromatic carbocycles. The smallest absolute Gasteiger partial charge is 0.223 e. The van der Waals surface area contributed by atoms with Crippen molar-refractivity contribution in [1.29, 1.82) is 0 Å². The van der Waals surface area contributed by atoms with E-state index in [1.165, 1.54) is 0 Å². The van der Waals surface area contributed by atoms with Gasteiger partial charge < -0.3 is 5.32 Å². The summed E-state index contributed by atoms with van der Waals surface area (Å²) in [6.07, 6.45) is 2.08. The van der Waals surface area contributed by atoms with Gasteiger partial charge in [0.1, 0.15) is 0 Å². The molecule has 1 aliphatic carbocycles. The van der Waals surface area contributed by atoms with E-state index in [0.717, 1.165) is 19.4 Å². The van der Waals surface area contributed by atoms with E-state index < -0.39 is 0 Å². The summed E-state index contributed by atoms with van der Waals surface area (Å²) in [6, 6.07) is 0. The molecule has 1 unspecified atom stereocenters. The first-order valence-electron chi connectivity index (χ1n) is 4.35. The van der Waals surface area contributed by atoms with Crippen molar-refractivity contribution < 1.29 is 4.79 Å². The van der Waals surface area contributed by atoms with Gasteiger partial charge in [0.25, 0.3) is 0 Å². The summed E-state index contributed by atoms with van der Waals surface area (Å²) in [5, 5.41) is 2.91. The van der Waals surface area contributed by atoms with E-state index in [1.807, 2.05) is 0 Å². The molecular weight excluding hydrogens is 138 g/mol. The molecule has 1 aliphatic rings. The van der Waals surface area contributed by atoms with Gasteiger partial charge in [0.2, 0.25) is 5.91 Å². The highest BCUT2D eigenvalue weighted by Gasteiger charge is 2.50. The quantitative estimate of drug-likeness (QED) is 0.658. The maximum atomic E-state index is 11.3. The number of nitrogens with one attached hydrogen (secondary N) is 1. The molecule has 0 heterocycles. The summed E-state index contributed by atoms with van der Waals surface area (Å²) in [5.41, 5.74) is 0.276. The average molecular weight is 155 g/mol. The van der Waals surface area contributed by atoms with Gasteiger partial charge in [0.05, 0.1) is 0 Å². The van der Waals surface area contributed by atoms with Crippen LogP contribution in [0.3, 0.4) is 0 Å². The molecule has 1 atom stereocenters. The van der Waals surface area contributed by atoms with Crippen molar-refractivity contribution in [3.63, 3.8) is 0 Å². The Balaban J connectivity index is 2.23. The normalized spacial score (nSPS) is 26.3. The van der Waals surface area contributed by atoms with E-state index in [-0.39, 0.29) is 17.2 Å². The highest BCUT2D eigenvalue weighted by molar-refractivity contribution is 5.82. The molecule has 1 fully saturated rings. The van der Waals surface area contributed by atoms with Crippen molar-refractivity contribution in [3.8, 4) is 0 Å². The van der Waals surface area contributed by atoms with Gasteiger partial charge in [-0.3, -0.25) is 4.79 Å². The van der Waals surface area contributed by atoms with Gasteiger partial charge in [0, 0.05) is 12.5 Å². The van der Waals surface area contributed by atoms with Gasteiger partial charge in [-0.25, -0.2) is 0 Å². The maximum absolute atomic E-state index is 11.3. The van der Waals surface area contributed by atoms with E-state index in [0.29, 0.717) is 0 Å². The molecule has 0 saturated heterocycles. The number of amides is 1. The Bertz CT molecular complexity index is 163. The number of carbonyl (C=O) groups is 1. The average Bonchev–Trinajstić information content (AvgIpc) is 2.55. The van der Waals surface area contributed by atoms with Crippen LogP contribution in [-0.2, 0) is 4.79 Å². The molecule has 11 heavy (non-hydrogen) atoms. The summed E-state index contributed by atoms with van der Waals surface area (Å²) in [7, 11) is 0. The van der Waals surface area contributed by atoms with Gasteiger partial charge in [-0.1, -0.05) is 20.8 Å². The van der Waals surface area contributed by atoms with E-state index in [4.69, 9.17) is 0 Å². The molecule has 0 aliphatic heterocycles. The Hall–Kier alpha value is -0.530. The van der Waals surface area contributed by atoms with Crippen LogP contribution in [0.25, 0.3) is 0 Å². The molecule has 1 N–H and O–H groups in total. The van der Waals surface area contributed by atoms with Crippen molar-refractivity contribution in [3.05, 3.63) is 0 Å². The zero-order valence-electron chi connectivity index (χ0n) is 7.61. The lowest BCUT2D eigenvalue weighted by Gasteiger charge is -2.03. The monoisotopic (exact) mass is 155 g/mol. The Kier molecular flexibility index (Phi) is 2.21. The molecule has 0 aromatic heterocycles. The van der Waals surface area contributed by atoms with E-state index in [9.17, 15) is 4.79 Å². The molecule has 0 bridgehead atoms. The van der Waals surface area contributed by atoms with Gasteiger partial charge in [-0.05, 0) is 18.3 Å². The lowest BCUT2D eigenvalue weighted by molar-refractivity contribution is -0.122. The molecule has 0 radical (unpaired) electrons. The van der Waals surface area contributed by atoms with Crippen LogP contribution in [0.4, 0.5) is 0 Å².